The number of carbonyl (C=O) groups is 2. The second kappa shape index (κ2) is 9.52. The van der Waals surface area contributed by atoms with E-state index in [9.17, 15) is 18.0 Å². The molecule has 28 heavy (non-hydrogen) atoms. The van der Waals surface area contributed by atoms with Crippen molar-refractivity contribution in [3.63, 3.8) is 0 Å². The predicted octanol–water partition coefficient (Wildman–Crippen LogP) is 2.20. The molecule has 1 aliphatic rings. The molecule has 2 N–H and O–H groups in total. The van der Waals surface area contributed by atoms with E-state index in [2.05, 4.69) is 10.0 Å². The van der Waals surface area contributed by atoms with Gasteiger partial charge in [0, 0.05) is 25.2 Å². The number of nitrogens with zero attached hydrogens (tertiary/aromatic N) is 1. The van der Waals surface area contributed by atoms with Crippen LogP contribution in [0.5, 0.6) is 0 Å². The van der Waals surface area contributed by atoms with Crippen molar-refractivity contribution in [1.82, 2.24) is 10.0 Å². The van der Waals surface area contributed by atoms with Crippen molar-refractivity contribution < 1.29 is 18.0 Å². The Morgan fingerprint density at radius 1 is 1.21 bits per heavy atom. The van der Waals surface area contributed by atoms with Gasteiger partial charge in [-0.15, -0.1) is 0 Å². The standard InChI is InChI=1S/C20H31N3O4S/c1-5-10-21-20(25)17(12-14(3)4)22-28(26,27)16-7-8-18-15(13-16)9-11-23(18)19(24)6-2/h7-8,13-14,17,22H,5-6,9-12H2,1-4H3,(H,21,25). The van der Waals surface area contributed by atoms with Crippen molar-refractivity contribution in [3.8, 4) is 0 Å². The number of nitrogens with one attached hydrogen (secondary N) is 2. The quantitative estimate of drug-likeness (QED) is 0.654. The van der Waals surface area contributed by atoms with Gasteiger partial charge in [-0.05, 0) is 48.9 Å². The zero-order valence-electron chi connectivity index (χ0n) is 17.1. The van der Waals surface area contributed by atoms with Crippen LogP contribution in [0.25, 0.3) is 0 Å². The molecular weight excluding hydrogens is 378 g/mol. The van der Waals surface area contributed by atoms with Gasteiger partial charge in [0.05, 0.1) is 4.90 Å². The Balaban J connectivity index is 2.23. The maximum Gasteiger partial charge on any atom is 0.241 e. The number of hydrogen-bond donors (Lipinski definition) is 2. The summed E-state index contributed by atoms with van der Waals surface area (Å²) in [4.78, 5) is 26.2. The van der Waals surface area contributed by atoms with Crippen LogP contribution in [0.15, 0.2) is 23.1 Å². The third kappa shape index (κ3) is 5.32. The van der Waals surface area contributed by atoms with Crippen molar-refractivity contribution in [2.24, 2.45) is 5.92 Å². The minimum absolute atomic E-state index is 0.0251. The van der Waals surface area contributed by atoms with Gasteiger partial charge in [0.15, 0.2) is 0 Å². The van der Waals surface area contributed by atoms with E-state index in [4.69, 9.17) is 0 Å². The van der Waals surface area contributed by atoms with Gasteiger partial charge < -0.3 is 10.2 Å². The fraction of sp³-hybridized carbons (Fsp3) is 0.600. The highest BCUT2D eigenvalue weighted by Crippen LogP contribution is 2.30. The second-order valence-electron chi connectivity index (χ2n) is 7.53. The van der Waals surface area contributed by atoms with Crippen LogP contribution in [-0.2, 0) is 26.0 Å². The first kappa shape index (κ1) is 22.4. The summed E-state index contributed by atoms with van der Waals surface area (Å²) in [5, 5.41) is 2.77. The van der Waals surface area contributed by atoms with Crippen LogP contribution in [-0.4, -0.2) is 39.4 Å². The molecule has 0 saturated carbocycles. The summed E-state index contributed by atoms with van der Waals surface area (Å²) in [6.07, 6.45) is 2.23. The number of fused-ring (bicyclic) bond motifs is 1. The van der Waals surface area contributed by atoms with Crippen LogP contribution in [0.3, 0.4) is 0 Å². The number of hydrogen-bond acceptors (Lipinski definition) is 4. The fourth-order valence-electron chi connectivity index (χ4n) is 3.30. The molecule has 1 aliphatic heterocycles. The van der Waals surface area contributed by atoms with Crippen LogP contribution >= 0.6 is 0 Å². The molecule has 2 rings (SSSR count). The summed E-state index contributed by atoms with van der Waals surface area (Å²) < 4.78 is 28.4. The summed E-state index contributed by atoms with van der Waals surface area (Å²) in [5.74, 6) is -0.120. The van der Waals surface area contributed by atoms with E-state index in [1.807, 2.05) is 27.7 Å². The first-order valence-electron chi connectivity index (χ1n) is 9.92. The first-order valence-corrected chi connectivity index (χ1v) is 11.4. The van der Waals surface area contributed by atoms with Gasteiger partial charge in [-0.2, -0.15) is 4.72 Å². The van der Waals surface area contributed by atoms with Crippen LogP contribution in [0.4, 0.5) is 5.69 Å². The van der Waals surface area contributed by atoms with Crippen molar-refractivity contribution in [3.05, 3.63) is 23.8 Å². The van der Waals surface area contributed by atoms with E-state index in [-0.39, 0.29) is 22.6 Å². The molecule has 1 atom stereocenters. The highest BCUT2D eigenvalue weighted by atomic mass is 32.2. The van der Waals surface area contributed by atoms with Crippen LogP contribution in [0.2, 0.25) is 0 Å². The number of anilines is 1. The Labute approximate surface area is 167 Å². The molecule has 0 aromatic heterocycles. The number of carbonyl (C=O) groups excluding carboxylic acids is 2. The Morgan fingerprint density at radius 3 is 2.54 bits per heavy atom. The number of rotatable bonds is 9. The molecule has 0 bridgehead atoms. The molecule has 1 unspecified atom stereocenters. The summed E-state index contributed by atoms with van der Waals surface area (Å²) in [6.45, 7) is 8.72. The zero-order valence-corrected chi connectivity index (χ0v) is 17.9. The van der Waals surface area contributed by atoms with Crippen molar-refractivity contribution >= 4 is 27.5 Å². The molecule has 1 aromatic rings. The number of benzene rings is 1. The fourth-order valence-corrected chi connectivity index (χ4v) is 4.56. The monoisotopic (exact) mass is 409 g/mol. The van der Waals surface area contributed by atoms with Crippen molar-refractivity contribution in [2.45, 2.75) is 64.3 Å². The van der Waals surface area contributed by atoms with Gasteiger partial charge in [0.25, 0.3) is 0 Å². The molecule has 0 saturated heterocycles. The van der Waals surface area contributed by atoms with Gasteiger partial charge in [-0.1, -0.05) is 27.7 Å². The largest absolute Gasteiger partial charge is 0.355 e. The summed E-state index contributed by atoms with van der Waals surface area (Å²) in [5.41, 5.74) is 1.60. The maximum atomic E-state index is 12.9. The lowest BCUT2D eigenvalue weighted by atomic mass is 10.0. The molecule has 7 nitrogen and oxygen atoms in total. The molecule has 8 heteroatoms. The minimum atomic E-state index is -3.85. The van der Waals surface area contributed by atoms with E-state index in [1.54, 1.807) is 17.0 Å². The highest BCUT2D eigenvalue weighted by Gasteiger charge is 2.29. The zero-order chi connectivity index (χ0) is 20.9. The van der Waals surface area contributed by atoms with Crippen molar-refractivity contribution in [2.75, 3.05) is 18.0 Å². The van der Waals surface area contributed by atoms with Crippen LogP contribution < -0.4 is 14.9 Å². The van der Waals surface area contributed by atoms with Gasteiger partial charge in [-0.3, -0.25) is 9.59 Å². The Bertz CT molecular complexity index is 821. The number of amides is 2. The van der Waals surface area contributed by atoms with Gasteiger partial charge in [-0.25, -0.2) is 8.42 Å². The lowest BCUT2D eigenvalue weighted by molar-refractivity contribution is -0.123. The normalized spacial score (nSPS) is 14.8. The lowest BCUT2D eigenvalue weighted by Gasteiger charge is -2.20. The molecule has 156 valence electrons. The highest BCUT2D eigenvalue weighted by molar-refractivity contribution is 7.89. The van der Waals surface area contributed by atoms with Crippen LogP contribution in [0, 0.1) is 5.92 Å². The second-order valence-corrected chi connectivity index (χ2v) is 9.25. The smallest absolute Gasteiger partial charge is 0.241 e. The first-order chi connectivity index (χ1) is 13.2. The Morgan fingerprint density at radius 2 is 1.93 bits per heavy atom. The van der Waals surface area contributed by atoms with Crippen LogP contribution in [0.1, 0.15) is 52.5 Å². The summed E-state index contributed by atoms with van der Waals surface area (Å²) >= 11 is 0. The van der Waals surface area contributed by atoms with E-state index in [0.717, 1.165) is 17.7 Å². The molecule has 0 aliphatic carbocycles. The SMILES string of the molecule is CCCNC(=O)C(CC(C)C)NS(=O)(=O)c1ccc2c(c1)CCN2C(=O)CC. The Kier molecular flexibility index (Phi) is 7.60. The minimum Gasteiger partial charge on any atom is -0.355 e. The summed E-state index contributed by atoms with van der Waals surface area (Å²) in [7, 11) is -3.85. The third-order valence-corrected chi connectivity index (χ3v) is 6.20. The summed E-state index contributed by atoms with van der Waals surface area (Å²) in [6, 6.07) is 3.97. The van der Waals surface area contributed by atoms with Gasteiger partial charge in [0.2, 0.25) is 21.8 Å². The van der Waals surface area contributed by atoms with Crippen molar-refractivity contribution in [1.29, 1.82) is 0 Å². The van der Waals surface area contributed by atoms with E-state index in [0.29, 0.717) is 32.4 Å². The molecule has 0 fully saturated rings. The van der Waals surface area contributed by atoms with E-state index in [1.165, 1.54) is 6.07 Å². The predicted molar refractivity (Wildman–Crippen MR) is 110 cm³/mol. The van der Waals surface area contributed by atoms with E-state index >= 15 is 0 Å². The molecule has 0 radical (unpaired) electrons. The number of sulfonamides is 1. The maximum absolute atomic E-state index is 12.9. The molecule has 0 spiro atoms. The third-order valence-electron chi connectivity index (χ3n) is 4.73. The molecule has 1 aromatic carbocycles. The van der Waals surface area contributed by atoms with E-state index < -0.39 is 16.1 Å². The lowest BCUT2D eigenvalue weighted by Crippen LogP contribution is -2.47. The molecular formula is C20H31N3O4S. The molecule has 1 heterocycles. The topological polar surface area (TPSA) is 95.6 Å². The average molecular weight is 410 g/mol. The van der Waals surface area contributed by atoms with Gasteiger partial charge >= 0.3 is 0 Å². The average Bonchev–Trinajstić information content (AvgIpc) is 3.07. The molecule has 2 amide bonds. The van der Waals surface area contributed by atoms with Gasteiger partial charge in [0.1, 0.15) is 6.04 Å². The Hall–Kier alpha value is -1.93.